The van der Waals surface area contributed by atoms with Crippen LogP contribution in [0.2, 0.25) is 0 Å². The predicted octanol–water partition coefficient (Wildman–Crippen LogP) is 2.15. The van der Waals surface area contributed by atoms with E-state index in [0.717, 1.165) is 30.0 Å². The molecule has 3 N–H and O–H groups in total. The van der Waals surface area contributed by atoms with Gasteiger partial charge in [0.1, 0.15) is 5.01 Å². The number of nitrogens with two attached hydrogens (primary N) is 1. The molecular formula is C12H21N3OS. The number of aryl methyl sites for hydroxylation is 1. The van der Waals surface area contributed by atoms with Crippen LogP contribution in [0.25, 0.3) is 0 Å². The molecule has 96 valence electrons. The second kappa shape index (κ2) is 6.71. The molecule has 5 heteroatoms. The number of rotatable bonds is 6. The first kappa shape index (κ1) is 14.1. The van der Waals surface area contributed by atoms with Gasteiger partial charge in [0.15, 0.2) is 0 Å². The molecular weight excluding hydrogens is 234 g/mol. The normalized spacial score (nSPS) is 14.4. The Kier molecular flexibility index (Phi) is 5.58. The monoisotopic (exact) mass is 255 g/mol. The molecule has 17 heavy (non-hydrogen) atoms. The quantitative estimate of drug-likeness (QED) is 0.818. The summed E-state index contributed by atoms with van der Waals surface area (Å²) in [5, 5.41) is 5.92. The maximum absolute atomic E-state index is 11.8. The van der Waals surface area contributed by atoms with Crippen molar-refractivity contribution in [1.82, 2.24) is 10.3 Å². The van der Waals surface area contributed by atoms with Crippen LogP contribution in [0.5, 0.6) is 0 Å². The number of thiazole rings is 1. The van der Waals surface area contributed by atoms with Gasteiger partial charge in [-0.2, -0.15) is 0 Å². The van der Waals surface area contributed by atoms with Crippen LogP contribution in [0, 0.1) is 6.92 Å². The number of amides is 1. The maximum atomic E-state index is 11.8. The zero-order chi connectivity index (χ0) is 12.8. The third-order valence-corrected chi connectivity index (χ3v) is 3.67. The molecule has 0 aromatic carbocycles. The number of aromatic nitrogens is 1. The van der Waals surface area contributed by atoms with E-state index in [2.05, 4.69) is 10.3 Å². The van der Waals surface area contributed by atoms with Gasteiger partial charge in [-0.15, -0.1) is 11.3 Å². The van der Waals surface area contributed by atoms with Crippen molar-refractivity contribution in [2.24, 2.45) is 5.73 Å². The molecule has 0 saturated heterocycles. The Balaban J connectivity index is 2.61. The molecule has 0 saturated carbocycles. The number of nitrogens with one attached hydrogen (secondary N) is 1. The minimum atomic E-state index is -0.407. The van der Waals surface area contributed by atoms with Gasteiger partial charge in [0.2, 0.25) is 5.91 Å². The SMILES string of the molecule is CCCC(N)C(=O)NC(CC)c1nc(C)cs1. The first-order valence-corrected chi connectivity index (χ1v) is 6.94. The summed E-state index contributed by atoms with van der Waals surface area (Å²) in [6, 6.07) is -0.417. The molecule has 0 spiro atoms. The van der Waals surface area contributed by atoms with Crippen molar-refractivity contribution >= 4 is 17.2 Å². The van der Waals surface area contributed by atoms with Gasteiger partial charge in [0, 0.05) is 11.1 Å². The fourth-order valence-corrected chi connectivity index (χ4v) is 2.52. The summed E-state index contributed by atoms with van der Waals surface area (Å²) in [6.45, 7) is 6.01. The maximum Gasteiger partial charge on any atom is 0.237 e. The number of hydrogen-bond acceptors (Lipinski definition) is 4. The molecule has 2 atom stereocenters. The Labute approximate surface area is 107 Å². The van der Waals surface area contributed by atoms with Crippen molar-refractivity contribution in [1.29, 1.82) is 0 Å². The van der Waals surface area contributed by atoms with E-state index in [9.17, 15) is 4.79 Å². The highest BCUT2D eigenvalue weighted by Crippen LogP contribution is 2.20. The molecule has 0 aliphatic heterocycles. The Morgan fingerprint density at radius 1 is 1.59 bits per heavy atom. The van der Waals surface area contributed by atoms with Crippen LogP contribution in [0.4, 0.5) is 0 Å². The molecule has 0 bridgehead atoms. The van der Waals surface area contributed by atoms with Crippen molar-refractivity contribution in [3.8, 4) is 0 Å². The highest BCUT2D eigenvalue weighted by Gasteiger charge is 2.19. The lowest BCUT2D eigenvalue weighted by Crippen LogP contribution is -2.42. The summed E-state index contributed by atoms with van der Waals surface area (Å²) in [7, 11) is 0. The average molecular weight is 255 g/mol. The lowest BCUT2D eigenvalue weighted by Gasteiger charge is -2.17. The second-order valence-corrected chi connectivity index (χ2v) is 5.08. The van der Waals surface area contributed by atoms with Gasteiger partial charge in [-0.1, -0.05) is 20.3 Å². The number of carbonyl (C=O) groups is 1. The smallest absolute Gasteiger partial charge is 0.237 e. The van der Waals surface area contributed by atoms with Crippen LogP contribution in [0.1, 0.15) is 49.9 Å². The molecule has 1 aromatic heterocycles. The Morgan fingerprint density at radius 2 is 2.29 bits per heavy atom. The van der Waals surface area contributed by atoms with Gasteiger partial charge in [-0.05, 0) is 19.8 Å². The molecule has 0 aliphatic rings. The van der Waals surface area contributed by atoms with Crippen molar-refractivity contribution < 1.29 is 4.79 Å². The summed E-state index contributed by atoms with van der Waals surface area (Å²) in [6.07, 6.45) is 2.47. The average Bonchev–Trinajstić information content (AvgIpc) is 2.72. The lowest BCUT2D eigenvalue weighted by atomic mass is 10.1. The van der Waals surface area contributed by atoms with Crippen LogP contribution in [0.15, 0.2) is 5.38 Å². The van der Waals surface area contributed by atoms with Gasteiger partial charge in [-0.3, -0.25) is 4.79 Å². The van der Waals surface area contributed by atoms with Crippen LogP contribution < -0.4 is 11.1 Å². The number of carbonyl (C=O) groups excluding carboxylic acids is 1. The Morgan fingerprint density at radius 3 is 2.76 bits per heavy atom. The Bertz CT molecular complexity index is 364. The molecule has 2 unspecified atom stereocenters. The molecule has 1 heterocycles. The first-order chi connectivity index (χ1) is 8.08. The van der Waals surface area contributed by atoms with Crippen LogP contribution >= 0.6 is 11.3 Å². The lowest BCUT2D eigenvalue weighted by molar-refractivity contribution is -0.123. The van der Waals surface area contributed by atoms with E-state index in [1.165, 1.54) is 0 Å². The molecule has 0 aliphatic carbocycles. The largest absolute Gasteiger partial charge is 0.346 e. The molecule has 4 nitrogen and oxygen atoms in total. The zero-order valence-electron chi connectivity index (χ0n) is 10.7. The standard InChI is InChI=1S/C12H21N3OS/c1-4-6-9(13)11(16)15-10(5-2)12-14-8(3)7-17-12/h7,9-10H,4-6,13H2,1-3H3,(H,15,16). The van der Waals surface area contributed by atoms with Crippen molar-refractivity contribution in [2.75, 3.05) is 0 Å². The van der Waals surface area contributed by atoms with Crippen LogP contribution in [0.3, 0.4) is 0 Å². The molecule has 1 amide bonds. The summed E-state index contributed by atoms with van der Waals surface area (Å²) >= 11 is 1.58. The van der Waals surface area contributed by atoms with Crippen molar-refractivity contribution in [3.63, 3.8) is 0 Å². The summed E-state index contributed by atoms with van der Waals surface area (Å²) in [4.78, 5) is 16.2. The minimum Gasteiger partial charge on any atom is -0.346 e. The van der Waals surface area contributed by atoms with Gasteiger partial charge in [-0.25, -0.2) is 4.98 Å². The highest BCUT2D eigenvalue weighted by atomic mass is 32.1. The zero-order valence-corrected chi connectivity index (χ0v) is 11.5. The fraction of sp³-hybridized carbons (Fsp3) is 0.667. The van der Waals surface area contributed by atoms with Gasteiger partial charge < -0.3 is 11.1 Å². The summed E-state index contributed by atoms with van der Waals surface area (Å²) < 4.78 is 0. The molecule has 1 rings (SSSR count). The van der Waals surface area contributed by atoms with E-state index < -0.39 is 6.04 Å². The highest BCUT2D eigenvalue weighted by molar-refractivity contribution is 7.09. The van der Waals surface area contributed by atoms with E-state index >= 15 is 0 Å². The van der Waals surface area contributed by atoms with Crippen LogP contribution in [-0.2, 0) is 4.79 Å². The first-order valence-electron chi connectivity index (χ1n) is 6.06. The topological polar surface area (TPSA) is 68.0 Å². The van der Waals surface area contributed by atoms with Gasteiger partial charge >= 0.3 is 0 Å². The Hall–Kier alpha value is -0.940. The fourth-order valence-electron chi connectivity index (χ4n) is 1.59. The molecule has 0 fully saturated rings. The third-order valence-electron chi connectivity index (χ3n) is 2.60. The summed E-state index contributed by atoms with van der Waals surface area (Å²) in [5.74, 6) is -0.0773. The third kappa shape index (κ3) is 4.09. The molecule has 1 aromatic rings. The van der Waals surface area contributed by atoms with E-state index in [1.54, 1.807) is 11.3 Å². The summed E-state index contributed by atoms with van der Waals surface area (Å²) in [5.41, 5.74) is 6.78. The van der Waals surface area contributed by atoms with E-state index in [1.807, 2.05) is 26.2 Å². The van der Waals surface area contributed by atoms with Crippen molar-refractivity contribution in [2.45, 2.75) is 52.1 Å². The second-order valence-electron chi connectivity index (χ2n) is 4.19. The predicted molar refractivity (Wildman–Crippen MR) is 70.9 cm³/mol. The van der Waals surface area contributed by atoms with Crippen LogP contribution in [-0.4, -0.2) is 16.9 Å². The number of hydrogen-bond donors (Lipinski definition) is 2. The minimum absolute atomic E-state index is 0.0101. The van der Waals surface area contributed by atoms with E-state index in [0.29, 0.717) is 0 Å². The van der Waals surface area contributed by atoms with E-state index in [4.69, 9.17) is 5.73 Å². The number of nitrogens with zero attached hydrogens (tertiary/aromatic N) is 1. The van der Waals surface area contributed by atoms with Gasteiger partial charge in [0.25, 0.3) is 0 Å². The van der Waals surface area contributed by atoms with E-state index in [-0.39, 0.29) is 11.9 Å². The van der Waals surface area contributed by atoms with Gasteiger partial charge in [0.05, 0.1) is 12.1 Å². The van der Waals surface area contributed by atoms with Crippen molar-refractivity contribution in [3.05, 3.63) is 16.1 Å². The molecule has 0 radical (unpaired) electrons.